The molecule has 0 saturated heterocycles. The predicted molar refractivity (Wildman–Crippen MR) is 10.0 cm³/mol. The molecule has 0 unspecified atom stereocenters. The van der Waals surface area contributed by atoms with E-state index in [9.17, 15) is 5.11 Å². The van der Waals surface area contributed by atoms with Crippen molar-refractivity contribution in [3.8, 4) is 0 Å². The second-order valence-corrected chi connectivity index (χ2v) is 0.658. The van der Waals surface area contributed by atoms with Crippen LogP contribution in [-0.2, 0) is 31.1 Å². The van der Waals surface area contributed by atoms with Gasteiger partial charge in [-0.3, -0.25) is 0 Å². The van der Waals surface area contributed by atoms with Crippen LogP contribution in [0, 0.1) is 0 Å². The smallest absolute Gasteiger partial charge is 0.719 e. The van der Waals surface area contributed by atoms with Crippen molar-refractivity contribution in [3.63, 3.8) is 0 Å². The summed E-state index contributed by atoms with van der Waals surface area (Å²) in [5.74, 6) is -4.03. The van der Waals surface area contributed by atoms with Gasteiger partial charge in [0, 0.05) is 0 Å². The zero-order valence-corrected chi connectivity index (χ0v) is 9.23. The fraction of sp³-hybridized carbons (Fsp3) is 0. The normalized spacial score (nSPS) is 8.67. The summed E-state index contributed by atoms with van der Waals surface area (Å²) in [4.78, 5) is 9.14. The van der Waals surface area contributed by atoms with E-state index in [1.165, 1.54) is 0 Å². The number of carbonyl (C=O) groups excluding carboxylic acids is 2. The number of rotatable bonds is 0. The molecule has 0 saturated carbocycles. The molecule has 5 nitrogen and oxygen atoms in total. The maximum Gasteiger partial charge on any atom is 4.00 e. The van der Waals surface area contributed by atoms with Crippen LogP contribution >= 0.6 is 0 Å². The van der Waals surface area contributed by atoms with Crippen LogP contribution in [0.15, 0.2) is 0 Å². The number of hydrogen-bond donors (Lipinski definition) is 0. The van der Waals surface area contributed by atoms with E-state index in [2.05, 4.69) is 4.58 Å². The molecule has 0 aliphatic rings. The molecule has 0 aliphatic heterocycles. The van der Waals surface area contributed by atoms with Crippen molar-refractivity contribution >= 4 is 11.9 Å². The zero-order chi connectivity index (χ0) is 5.86. The predicted octanol–water partition coefficient (Wildman–Crippen LogP) is -7.70. The molecule has 0 fully saturated rings. The molecule has 0 aromatic rings. The number of hydrogen-bond acceptors (Lipinski definition) is 4. The fourth-order valence-corrected chi connectivity index (χ4v) is 0.0340. The molecule has 0 rings (SSSR count). The van der Waals surface area contributed by atoms with Gasteiger partial charge in [0.15, 0.2) is 5.97 Å². The van der Waals surface area contributed by atoms with Crippen LogP contribution in [0.25, 0.3) is 0 Å². The van der Waals surface area contributed by atoms with Gasteiger partial charge in [-0.05, 0) is 0 Å². The van der Waals surface area contributed by atoms with Crippen molar-refractivity contribution in [2.24, 2.45) is 0 Å². The van der Waals surface area contributed by atoms with Crippen molar-refractivity contribution in [1.29, 1.82) is 0 Å². The molecule has 7 heteroatoms. The molecule has 0 heterocycles. The van der Waals surface area contributed by atoms with Crippen LogP contribution < -0.4 is 66.9 Å². The average molecular weight is 191 g/mol. The molecule has 0 atom stereocenters. The van der Waals surface area contributed by atoms with Crippen molar-refractivity contribution < 1.29 is 97.9 Å². The average Bonchev–Trinajstić information content (AvgIpc) is 1.65. The van der Waals surface area contributed by atoms with Gasteiger partial charge < -0.3 is 19.7 Å². The molecule has 0 aromatic carbocycles. The van der Waals surface area contributed by atoms with Crippen LogP contribution in [0.4, 0.5) is 0 Å². The standard InChI is InChI=1S/C2H2O5.K.Ti/c3-1(4)2(5)7-6;;/h5H,(H,3,4);;/q;+1;+4/p-2. The minimum atomic E-state index is -2.13. The Morgan fingerprint density at radius 1 is 1.33 bits per heavy atom. The second-order valence-electron chi connectivity index (χ2n) is 0.658. The quantitative estimate of drug-likeness (QED) is 0.125. The minimum absolute atomic E-state index is 0. The van der Waals surface area contributed by atoms with Gasteiger partial charge in [-0.2, -0.15) is 0 Å². The summed E-state index contributed by atoms with van der Waals surface area (Å²) in [5.41, 5.74) is 0. The Hall–Kier alpha value is 1.09. The molecular weight excluding hydrogens is 191 g/mol. The first-order valence-electron chi connectivity index (χ1n) is 1.23. The molecule has 0 spiro atoms. The van der Waals surface area contributed by atoms with Crippen molar-refractivity contribution in [2.45, 2.75) is 0 Å². The molecule has 0 aromatic heterocycles. The Morgan fingerprint density at radius 2 is 1.67 bits per heavy atom. The second kappa shape index (κ2) is 9.09. The molecule has 0 radical (unpaired) electrons. The molecule has 0 N–H and O–H groups in total. The van der Waals surface area contributed by atoms with Gasteiger partial charge in [-0.25, -0.2) is 5.11 Å². The van der Waals surface area contributed by atoms with E-state index < -0.39 is 11.9 Å². The van der Waals surface area contributed by atoms with Gasteiger partial charge in [0.1, 0.15) is 0 Å². The summed E-state index contributed by atoms with van der Waals surface area (Å²) in [6.45, 7) is 0. The van der Waals surface area contributed by atoms with Crippen LogP contribution in [0.1, 0.15) is 0 Å². The summed E-state index contributed by atoms with van der Waals surface area (Å²) in [6, 6.07) is 0. The van der Waals surface area contributed by atoms with Gasteiger partial charge in [0.2, 0.25) is 0 Å². The van der Waals surface area contributed by atoms with Crippen molar-refractivity contribution in [1.82, 2.24) is 0 Å². The molecule has 40 valence electrons. The van der Waals surface area contributed by atoms with Crippen LogP contribution in [-0.4, -0.2) is 11.9 Å². The summed E-state index contributed by atoms with van der Waals surface area (Å²) in [5, 5.41) is 27.3. The van der Waals surface area contributed by atoms with E-state index in [1.807, 2.05) is 0 Å². The van der Waals surface area contributed by atoms with Gasteiger partial charge in [-0.15, -0.1) is 0 Å². The van der Waals surface area contributed by atoms with Gasteiger partial charge in [-0.1, -0.05) is 0 Å². The summed E-state index contributed by atoms with van der Waals surface area (Å²) < 4.78 is 2.46. The van der Waals surface area contributed by atoms with Crippen molar-refractivity contribution in [3.05, 3.63) is 0 Å². The fourth-order valence-electron chi connectivity index (χ4n) is 0.0340. The summed E-state index contributed by atoms with van der Waals surface area (Å²) >= 11 is 0. The first-order chi connectivity index (χ1) is 3.18. The van der Waals surface area contributed by atoms with Gasteiger partial charge in [0.05, 0.1) is 0 Å². The Bertz CT molecular complexity index is 112. The van der Waals surface area contributed by atoms with E-state index in [0.29, 0.717) is 0 Å². The Morgan fingerprint density at radius 3 is 1.67 bits per heavy atom. The Balaban J connectivity index is -0.000000180. The SMILES string of the molecule is O=C([O-])C([O-])=[O+][O-].[K+].[Ti+4]. The van der Waals surface area contributed by atoms with Gasteiger partial charge in [0.25, 0.3) is 0 Å². The monoisotopic (exact) mass is 191 g/mol. The van der Waals surface area contributed by atoms with E-state index in [1.54, 1.807) is 0 Å². The van der Waals surface area contributed by atoms with Gasteiger partial charge >= 0.3 is 79.1 Å². The molecular formula is C2KO5Ti+3. The third-order valence-electron chi connectivity index (χ3n) is 0.242. The molecule has 0 aliphatic carbocycles. The van der Waals surface area contributed by atoms with E-state index in [-0.39, 0.29) is 73.1 Å². The van der Waals surface area contributed by atoms with E-state index >= 15 is 0 Å². The number of aliphatic carboxylic acids is 2. The van der Waals surface area contributed by atoms with E-state index in [4.69, 9.17) is 15.2 Å². The largest absolute Gasteiger partial charge is 4.00 e. The minimum Gasteiger partial charge on any atom is -0.719 e. The third kappa shape index (κ3) is 9.09. The van der Waals surface area contributed by atoms with E-state index in [0.717, 1.165) is 0 Å². The topological polar surface area (TPSA) is 97.5 Å². The van der Waals surface area contributed by atoms with Crippen LogP contribution in [0.5, 0.6) is 0 Å². The zero-order valence-electron chi connectivity index (χ0n) is 4.54. The van der Waals surface area contributed by atoms with Crippen LogP contribution in [0.2, 0.25) is 0 Å². The maximum absolute atomic E-state index is 9.31. The Kier molecular flexibility index (Phi) is 16.8. The third-order valence-corrected chi connectivity index (χ3v) is 0.242. The van der Waals surface area contributed by atoms with Crippen LogP contribution in [0.3, 0.4) is 0 Å². The molecule has 0 amide bonds. The summed E-state index contributed by atoms with van der Waals surface area (Å²) in [7, 11) is 0. The number of carboxylic acids is 2. The molecule has 9 heavy (non-hydrogen) atoms. The summed E-state index contributed by atoms with van der Waals surface area (Å²) in [6.07, 6.45) is 0. The number of carboxylic acid groups (broad SMARTS) is 2. The maximum atomic E-state index is 9.31. The Labute approximate surface area is 108 Å². The first kappa shape index (κ1) is 16.6. The number of carbonyl (C=O) groups is 1. The first-order valence-corrected chi connectivity index (χ1v) is 1.23. The van der Waals surface area contributed by atoms with Crippen molar-refractivity contribution in [2.75, 3.05) is 0 Å². The molecule has 0 bridgehead atoms.